The van der Waals surface area contributed by atoms with Crippen molar-refractivity contribution < 1.29 is 4.79 Å². The predicted molar refractivity (Wildman–Crippen MR) is 110 cm³/mol. The number of fused-ring (bicyclic) bond motifs is 3. The molecule has 6 heteroatoms. The number of hydrogen-bond acceptors (Lipinski definition) is 3. The predicted octanol–water partition coefficient (Wildman–Crippen LogP) is 3.45. The molecule has 2 aromatic heterocycles. The Hall–Kier alpha value is -3.41. The quantitative estimate of drug-likeness (QED) is 0.561. The highest BCUT2D eigenvalue weighted by Crippen LogP contribution is 2.22. The van der Waals surface area contributed by atoms with Crippen molar-refractivity contribution >= 4 is 27.8 Å². The van der Waals surface area contributed by atoms with Gasteiger partial charge in [-0.05, 0) is 31.5 Å². The lowest BCUT2D eigenvalue weighted by atomic mass is 10.1. The van der Waals surface area contributed by atoms with Gasteiger partial charge < -0.3 is 10.3 Å². The van der Waals surface area contributed by atoms with E-state index in [-0.39, 0.29) is 30.5 Å². The fourth-order valence-corrected chi connectivity index (χ4v) is 3.42. The monoisotopic (exact) mass is 374 g/mol. The fourth-order valence-electron chi connectivity index (χ4n) is 3.42. The summed E-state index contributed by atoms with van der Waals surface area (Å²) in [5.74, 6) is -0.101. The van der Waals surface area contributed by atoms with E-state index >= 15 is 0 Å². The lowest BCUT2D eigenvalue weighted by molar-refractivity contribution is -0.121. The van der Waals surface area contributed by atoms with Gasteiger partial charge >= 0.3 is 0 Å². The average Bonchev–Trinajstić information content (AvgIpc) is 3.07. The number of H-pyrrole nitrogens is 1. The Bertz CT molecular complexity index is 1210. The summed E-state index contributed by atoms with van der Waals surface area (Å²) in [4.78, 5) is 32.7. The number of rotatable bonds is 5. The van der Waals surface area contributed by atoms with E-state index in [9.17, 15) is 9.59 Å². The van der Waals surface area contributed by atoms with Gasteiger partial charge in [-0.15, -0.1) is 0 Å². The van der Waals surface area contributed by atoms with Gasteiger partial charge in [-0.25, -0.2) is 4.98 Å². The van der Waals surface area contributed by atoms with Gasteiger partial charge in [0.05, 0.1) is 12.4 Å². The highest BCUT2D eigenvalue weighted by Gasteiger charge is 2.13. The zero-order chi connectivity index (χ0) is 19.7. The molecule has 6 nitrogen and oxygen atoms in total. The van der Waals surface area contributed by atoms with Crippen LogP contribution in [0, 0.1) is 6.92 Å². The number of nitrogens with one attached hydrogen (secondary N) is 2. The van der Waals surface area contributed by atoms with Gasteiger partial charge in [0.1, 0.15) is 11.0 Å². The molecular weight excluding hydrogens is 352 g/mol. The molecule has 1 amide bonds. The zero-order valence-corrected chi connectivity index (χ0v) is 15.9. The molecule has 142 valence electrons. The van der Waals surface area contributed by atoms with Gasteiger partial charge in [0, 0.05) is 23.9 Å². The fraction of sp³-hybridized carbons (Fsp3) is 0.227. The Morgan fingerprint density at radius 2 is 2.00 bits per heavy atom. The van der Waals surface area contributed by atoms with Gasteiger partial charge in [0.25, 0.3) is 5.56 Å². The van der Waals surface area contributed by atoms with E-state index in [1.165, 1.54) is 10.9 Å². The van der Waals surface area contributed by atoms with Crippen LogP contribution in [0.25, 0.3) is 21.9 Å². The Labute approximate surface area is 162 Å². The third-order valence-corrected chi connectivity index (χ3v) is 4.98. The van der Waals surface area contributed by atoms with Crippen LogP contribution in [0.2, 0.25) is 0 Å². The molecule has 4 rings (SSSR count). The van der Waals surface area contributed by atoms with Crippen molar-refractivity contribution in [1.82, 2.24) is 19.9 Å². The average molecular weight is 374 g/mol. The molecule has 2 N–H and O–H groups in total. The van der Waals surface area contributed by atoms with Crippen molar-refractivity contribution in [3.05, 3.63) is 76.3 Å². The Kier molecular flexibility index (Phi) is 4.69. The highest BCUT2D eigenvalue weighted by atomic mass is 16.2. The molecule has 0 aliphatic heterocycles. The van der Waals surface area contributed by atoms with Crippen molar-refractivity contribution in [2.24, 2.45) is 0 Å². The molecule has 0 unspecified atom stereocenters. The molecule has 0 aliphatic rings. The smallest absolute Gasteiger partial charge is 0.277 e. The van der Waals surface area contributed by atoms with Gasteiger partial charge in [-0.1, -0.05) is 42.0 Å². The molecule has 1 atom stereocenters. The molecule has 4 aromatic rings. The molecule has 2 aromatic carbocycles. The number of carbonyl (C=O) groups excluding carboxylic acids is 1. The standard InChI is InChI=1S/C22H22N4O2/c1-14-8-9-18-17(12-14)20-21(25-18)22(28)26(13-23-20)11-10-19(27)24-15(2)16-6-4-3-5-7-16/h3-9,12-13,15,25H,10-11H2,1-2H3,(H,24,27)/t15-/m0/s1. The maximum atomic E-state index is 12.8. The summed E-state index contributed by atoms with van der Waals surface area (Å²) in [5, 5.41) is 3.91. The van der Waals surface area contributed by atoms with E-state index in [4.69, 9.17) is 0 Å². The van der Waals surface area contributed by atoms with Crippen LogP contribution >= 0.6 is 0 Å². The van der Waals surface area contributed by atoms with Crippen LogP contribution in [0.15, 0.2) is 59.7 Å². The molecule has 2 heterocycles. The molecule has 28 heavy (non-hydrogen) atoms. The van der Waals surface area contributed by atoms with E-state index in [2.05, 4.69) is 15.3 Å². The first-order valence-corrected chi connectivity index (χ1v) is 9.35. The molecule has 0 spiro atoms. The molecule has 0 radical (unpaired) electrons. The lowest BCUT2D eigenvalue weighted by Gasteiger charge is -2.14. The SMILES string of the molecule is Cc1ccc2[nH]c3c(=O)n(CCC(=O)N[C@@H](C)c4ccccc4)cnc3c2c1. The number of aryl methyl sites for hydroxylation is 2. The second-order valence-electron chi connectivity index (χ2n) is 7.09. The summed E-state index contributed by atoms with van der Waals surface area (Å²) < 4.78 is 1.48. The molecular formula is C22H22N4O2. The first-order valence-electron chi connectivity index (χ1n) is 9.35. The first kappa shape index (κ1) is 18.0. The second-order valence-corrected chi connectivity index (χ2v) is 7.09. The van der Waals surface area contributed by atoms with Crippen LogP contribution in [0.1, 0.15) is 30.5 Å². The van der Waals surface area contributed by atoms with Crippen molar-refractivity contribution in [1.29, 1.82) is 0 Å². The van der Waals surface area contributed by atoms with Crippen LogP contribution in [0.3, 0.4) is 0 Å². The summed E-state index contributed by atoms with van der Waals surface area (Å²) in [6.45, 7) is 4.23. The first-order chi connectivity index (χ1) is 13.5. The largest absolute Gasteiger partial charge is 0.350 e. The number of nitrogens with zero attached hydrogens (tertiary/aromatic N) is 2. The van der Waals surface area contributed by atoms with E-state index in [0.29, 0.717) is 11.0 Å². The normalized spacial score (nSPS) is 12.4. The maximum Gasteiger partial charge on any atom is 0.277 e. The summed E-state index contributed by atoms with van der Waals surface area (Å²) >= 11 is 0. The van der Waals surface area contributed by atoms with E-state index < -0.39 is 0 Å². The maximum absolute atomic E-state index is 12.8. The van der Waals surface area contributed by atoms with Crippen molar-refractivity contribution in [2.45, 2.75) is 32.9 Å². The number of benzene rings is 2. The summed E-state index contributed by atoms with van der Waals surface area (Å²) in [7, 11) is 0. The summed E-state index contributed by atoms with van der Waals surface area (Å²) in [5.41, 5.74) is 4.02. The lowest BCUT2D eigenvalue weighted by Crippen LogP contribution is -2.29. The number of aromatic nitrogens is 3. The highest BCUT2D eigenvalue weighted by molar-refractivity contribution is 6.04. The molecule has 0 saturated heterocycles. The van der Waals surface area contributed by atoms with Crippen LogP contribution in [0.4, 0.5) is 0 Å². The molecule has 0 fully saturated rings. The van der Waals surface area contributed by atoms with E-state index in [1.807, 2.05) is 62.4 Å². The summed E-state index contributed by atoms with van der Waals surface area (Å²) in [6, 6.07) is 15.7. The Morgan fingerprint density at radius 1 is 1.21 bits per heavy atom. The summed E-state index contributed by atoms with van der Waals surface area (Å²) in [6.07, 6.45) is 1.73. The zero-order valence-electron chi connectivity index (χ0n) is 15.9. The topological polar surface area (TPSA) is 79.8 Å². The van der Waals surface area contributed by atoms with Crippen LogP contribution in [-0.2, 0) is 11.3 Å². The van der Waals surface area contributed by atoms with Crippen LogP contribution < -0.4 is 10.9 Å². The third kappa shape index (κ3) is 3.41. The second kappa shape index (κ2) is 7.31. The molecule has 0 bridgehead atoms. The minimum Gasteiger partial charge on any atom is -0.350 e. The molecule has 0 aliphatic carbocycles. The van der Waals surface area contributed by atoms with Gasteiger partial charge in [-0.3, -0.25) is 14.2 Å². The number of hydrogen-bond donors (Lipinski definition) is 2. The number of carbonyl (C=O) groups is 1. The van der Waals surface area contributed by atoms with Crippen molar-refractivity contribution in [2.75, 3.05) is 0 Å². The molecule has 0 saturated carbocycles. The number of amides is 1. The minimum absolute atomic E-state index is 0.0806. The van der Waals surface area contributed by atoms with Crippen molar-refractivity contribution in [3.8, 4) is 0 Å². The van der Waals surface area contributed by atoms with Gasteiger partial charge in [0.2, 0.25) is 5.91 Å². The van der Waals surface area contributed by atoms with E-state index in [1.54, 1.807) is 0 Å². The van der Waals surface area contributed by atoms with Crippen LogP contribution in [-0.4, -0.2) is 20.4 Å². The Morgan fingerprint density at radius 3 is 2.79 bits per heavy atom. The number of aromatic amines is 1. The Balaban J connectivity index is 1.50. The van der Waals surface area contributed by atoms with Gasteiger partial charge in [0.15, 0.2) is 0 Å². The third-order valence-electron chi connectivity index (χ3n) is 4.98. The minimum atomic E-state index is -0.164. The van der Waals surface area contributed by atoms with Crippen molar-refractivity contribution in [3.63, 3.8) is 0 Å². The van der Waals surface area contributed by atoms with Crippen LogP contribution in [0.5, 0.6) is 0 Å². The van der Waals surface area contributed by atoms with Gasteiger partial charge in [-0.2, -0.15) is 0 Å². The van der Waals surface area contributed by atoms with E-state index in [0.717, 1.165) is 22.0 Å².